The number of aliphatic carboxylic acids is 1. The Morgan fingerprint density at radius 3 is 2.69 bits per heavy atom. The van der Waals surface area contributed by atoms with Gasteiger partial charge in [0.05, 0.1) is 12.0 Å². The molecule has 4 aliphatic rings. The van der Waals surface area contributed by atoms with Gasteiger partial charge in [0.1, 0.15) is 11.5 Å². The number of carbonyl (C=O) groups excluding carboxylic acids is 2. The van der Waals surface area contributed by atoms with E-state index in [0.717, 1.165) is 0 Å². The fraction of sp³-hybridized carbons (Fsp3) is 0.773. The van der Waals surface area contributed by atoms with Crippen LogP contribution in [-0.4, -0.2) is 89.9 Å². The summed E-state index contributed by atoms with van der Waals surface area (Å²) < 4.78 is 29.1. The van der Waals surface area contributed by atoms with E-state index in [0.29, 0.717) is 43.8 Å². The molecule has 13 heteroatoms. The van der Waals surface area contributed by atoms with E-state index in [1.165, 1.54) is 27.9 Å². The molecule has 196 valence electrons. The number of hydrogen-bond acceptors (Lipinski definition) is 8. The SMILES string of the molecule is CC(=O)C[C@H](C)[C@H]1C(=O)N2C(C(=O)O)=C(S[C@@H]3CN[C@H](CNS(=O)(=O)N4CC[C@@H](N)C4)C3)[C@H](C)[C@H]12. The number of carboxylic acids is 1. The molecule has 0 aliphatic carbocycles. The first-order valence-corrected chi connectivity index (χ1v) is 14.4. The smallest absolute Gasteiger partial charge is 0.353 e. The van der Waals surface area contributed by atoms with Gasteiger partial charge < -0.3 is 25.9 Å². The Balaban J connectivity index is 1.38. The van der Waals surface area contributed by atoms with Crippen LogP contribution in [0.3, 0.4) is 0 Å². The van der Waals surface area contributed by atoms with Crippen molar-refractivity contribution in [2.45, 2.75) is 63.4 Å². The van der Waals surface area contributed by atoms with Crippen LogP contribution in [0.4, 0.5) is 0 Å². The zero-order valence-corrected chi connectivity index (χ0v) is 21.9. The van der Waals surface area contributed by atoms with Crippen molar-refractivity contribution in [1.29, 1.82) is 0 Å². The zero-order chi connectivity index (χ0) is 25.7. The fourth-order valence-corrected chi connectivity index (χ4v) is 8.67. The molecule has 7 atom stereocenters. The quantitative estimate of drug-likeness (QED) is 0.279. The van der Waals surface area contributed by atoms with Gasteiger partial charge in [-0.25, -0.2) is 9.52 Å². The third-order valence-corrected chi connectivity index (χ3v) is 10.6. The Labute approximate surface area is 210 Å². The van der Waals surface area contributed by atoms with Gasteiger partial charge in [0.15, 0.2) is 0 Å². The normalized spacial score (nSPS) is 34.3. The highest BCUT2D eigenvalue weighted by Gasteiger charge is 2.60. The van der Waals surface area contributed by atoms with Crippen molar-refractivity contribution in [1.82, 2.24) is 19.2 Å². The van der Waals surface area contributed by atoms with Crippen molar-refractivity contribution < 1.29 is 27.9 Å². The van der Waals surface area contributed by atoms with Crippen molar-refractivity contribution >= 4 is 39.6 Å². The molecular formula is C22H35N5O6S2. The molecule has 11 nitrogen and oxygen atoms in total. The van der Waals surface area contributed by atoms with Crippen LogP contribution >= 0.6 is 11.8 Å². The summed E-state index contributed by atoms with van der Waals surface area (Å²) in [5, 5.41) is 13.3. The van der Waals surface area contributed by atoms with Gasteiger partial charge in [-0.15, -0.1) is 11.8 Å². The number of hydrogen-bond donors (Lipinski definition) is 4. The second-order valence-electron chi connectivity index (χ2n) is 10.3. The number of carbonyl (C=O) groups is 3. The van der Waals surface area contributed by atoms with Crippen LogP contribution < -0.4 is 15.8 Å². The van der Waals surface area contributed by atoms with Gasteiger partial charge in [0.2, 0.25) is 5.91 Å². The van der Waals surface area contributed by atoms with Gasteiger partial charge in [0.25, 0.3) is 10.2 Å². The molecule has 5 N–H and O–H groups in total. The number of rotatable bonds is 10. The molecule has 35 heavy (non-hydrogen) atoms. The maximum atomic E-state index is 12.9. The molecule has 0 unspecified atom stereocenters. The number of thioether (sulfide) groups is 1. The highest BCUT2D eigenvalue weighted by Crippen LogP contribution is 2.53. The number of nitrogens with zero attached hydrogens (tertiary/aromatic N) is 2. The lowest BCUT2D eigenvalue weighted by molar-refractivity contribution is -0.160. The lowest BCUT2D eigenvalue weighted by Crippen LogP contribution is -2.62. The molecule has 0 aromatic carbocycles. The van der Waals surface area contributed by atoms with Gasteiger partial charge in [-0.3, -0.25) is 4.79 Å². The van der Waals surface area contributed by atoms with Crippen molar-refractivity contribution in [3.05, 3.63) is 10.6 Å². The predicted octanol–water partition coefficient (Wildman–Crippen LogP) is -0.294. The van der Waals surface area contributed by atoms with Crippen LogP contribution in [0.2, 0.25) is 0 Å². The van der Waals surface area contributed by atoms with E-state index < -0.39 is 16.2 Å². The van der Waals surface area contributed by atoms with Gasteiger partial charge in [-0.2, -0.15) is 12.7 Å². The number of Topliss-reactive ketones (excluding diaryl/α,β-unsaturated/α-hetero) is 1. The summed E-state index contributed by atoms with van der Waals surface area (Å²) in [6.45, 7) is 6.91. The predicted molar refractivity (Wildman–Crippen MR) is 131 cm³/mol. The number of fused-ring (bicyclic) bond motifs is 1. The van der Waals surface area contributed by atoms with Crippen molar-refractivity contribution in [3.8, 4) is 0 Å². The number of amides is 1. The largest absolute Gasteiger partial charge is 0.477 e. The first kappa shape index (κ1) is 26.6. The van der Waals surface area contributed by atoms with Crippen molar-refractivity contribution in [2.24, 2.45) is 23.5 Å². The summed E-state index contributed by atoms with van der Waals surface area (Å²) in [5.41, 5.74) is 5.88. The Hall–Kier alpha value is -1.51. The van der Waals surface area contributed by atoms with Crippen LogP contribution in [-0.2, 0) is 24.6 Å². The third kappa shape index (κ3) is 5.16. The Morgan fingerprint density at radius 1 is 1.37 bits per heavy atom. The van der Waals surface area contributed by atoms with Crippen LogP contribution in [0.1, 0.15) is 40.0 Å². The van der Waals surface area contributed by atoms with Gasteiger partial charge in [-0.05, 0) is 25.7 Å². The summed E-state index contributed by atoms with van der Waals surface area (Å²) in [6, 6.07) is -0.453. The van der Waals surface area contributed by atoms with E-state index >= 15 is 0 Å². The Kier molecular flexibility index (Phi) is 7.66. The molecule has 0 aromatic rings. The molecular weight excluding hydrogens is 494 g/mol. The van der Waals surface area contributed by atoms with E-state index in [2.05, 4.69) is 10.0 Å². The van der Waals surface area contributed by atoms with Gasteiger partial charge in [-0.1, -0.05) is 13.8 Å². The van der Waals surface area contributed by atoms with Crippen LogP contribution in [0.5, 0.6) is 0 Å². The zero-order valence-electron chi connectivity index (χ0n) is 20.3. The molecule has 0 bridgehead atoms. The minimum atomic E-state index is -3.58. The molecule has 4 rings (SSSR count). The first-order valence-electron chi connectivity index (χ1n) is 12.1. The average Bonchev–Trinajstić information content (AvgIpc) is 3.45. The summed E-state index contributed by atoms with van der Waals surface area (Å²) in [4.78, 5) is 38.7. The van der Waals surface area contributed by atoms with Crippen LogP contribution in [0, 0.1) is 17.8 Å². The van der Waals surface area contributed by atoms with Crippen molar-refractivity contribution in [2.75, 3.05) is 26.2 Å². The fourth-order valence-electron chi connectivity index (χ4n) is 5.82. The molecule has 4 aliphatic heterocycles. The maximum Gasteiger partial charge on any atom is 0.353 e. The minimum absolute atomic E-state index is 0.0155. The third-order valence-electron chi connectivity index (χ3n) is 7.53. The average molecular weight is 530 g/mol. The first-order chi connectivity index (χ1) is 16.4. The maximum absolute atomic E-state index is 12.9. The molecule has 0 aromatic heterocycles. The number of nitrogens with two attached hydrogens (primary N) is 1. The summed E-state index contributed by atoms with van der Waals surface area (Å²) in [6.07, 6.45) is 1.61. The number of β-lactam (4-membered cyclic amide) rings is 1. The van der Waals surface area contributed by atoms with Crippen LogP contribution in [0.25, 0.3) is 0 Å². The lowest BCUT2D eigenvalue weighted by atomic mass is 9.73. The Morgan fingerprint density at radius 2 is 2.09 bits per heavy atom. The molecule has 4 heterocycles. The topological polar surface area (TPSA) is 162 Å². The van der Waals surface area contributed by atoms with Crippen molar-refractivity contribution in [3.63, 3.8) is 0 Å². The monoisotopic (exact) mass is 529 g/mol. The van der Waals surface area contributed by atoms with E-state index in [1.54, 1.807) is 0 Å². The number of ketones is 1. The summed E-state index contributed by atoms with van der Waals surface area (Å²) in [7, 11) is -3.58. The van der Waals surface area contributed by atoms with Gasteiger partial charge >= 0.3 is 5.97 Å². The summed E-state index contributed by atoms with van der Waals surface area (Å²) in [5.74, 6) is -1.96. The number of nitrogens with one attached hydrogen (secondary N) is 2. The number of carboxylic acid groups (broad SMARTS) is 1. The lowest BCUT2D eigenvalue weighted by Gasteiger charge is -2.47. The second-order valence-corrected chi connectivity index (χ2v) is 13.4. The van der Waals surface area contributed by atoms with E-state index in [1.807, 2.05) is 13.8 Å². The highest BCUT2D eigenvalue weighted by molar-refractivity contribution is 8.03. The van der Waals surface area contributed by atoms with Crippen LogP contribution in [0.15, 0.2) is 10.6 Å². The Bertz CT molecular complexity index is 1030. The highest BCUT2D eigenvalue weighted by atomic mass is 32.2. The molecule has 3 fully saturated rings. The molecule has 1 amide bonds. The minimum Gasteiger partial charge on any atom is -0.477 e. The van der Waals surface area contributed by atoms with Gasteiger partial charge in [0, 0.05) is 60.8 Å². The van der Waals surface area contributed by atoms with E-state index in [9.17, 15) is 27.9 Å². The second kappa shape index (κ2) is 10.1. The summed E-state index contributed by atoms with van der Waals surface area (Å²) >= 11 is 1.47. The molecule has 0 spiro atoms. The standard InChI is InChI=1S/C22H35N5O6S2/c1-11(6-12(2)28)17-18-13(3)20(19(22(30)31)27(18)21(17)29)34-16-7-15(24-9-16)8-25-35(32,33)26-5-4-14(23)10-26/h11,13-18,24-25H,4-10,23H2,1-3H3,(H,30,31)/t11-,13+,14+,15-,16-,17+,18+/m0/s1. The molecule has 0 radical (unpaired) electrons. The molecule has 3 saturated heterocycles. The van der Waals surface area contributed by atoms with E-state index in [4.69, 9.17) is 5.73 Å². The van der Waals surface area contributed by atoms with E-state index in [-0.39, 0.29) is 65.1 Å². The molecule has 0 saturated carbocycles.